The molecule has 0 aromatic heterocycles. The predicted molar refractivity (Wildman–Crippen MR) is 51.8 cm³/mol. The Morgan fingerprint density at radius 2 is 2.08 bits per heavy atom. The summed E-state index contributed by atoms with van der Waals surface area (Å²) in [5, 5.41) is 12.4. The van der Waals surface area contributed by atoms with Gasteiger partial charge in [0.25, 0.3) is 0 Å². The quantitative estimate of drug-likeness (QED) is 0.585. The molecule has 0 radical (unpaired) electrons. The number of aliphatic hydroxyl groups is 1. The summed E-state index contributed by atoms with van der Waals surface area (Å²) in [5.41, 5.74) is 0. The Labute approximate surface area is 75.4 Å². The van der Waals surface area contributed by atoms with E-state index in [0.29, 0.717) is 0 Å². The van der Waals surface area contributed by atoms with E-state index in [1.807, 2.05) is 13.8 Å². The lowest BCUT2D eigenvalue weighted by Crippen LogP contribution is -2.29. The van der Waals surface area contributed by atoms with Crippen molar-refractivity contribution in [1.29, 1.82) is 0 Å². The summed E-state index contributed by atoms with van der Waals surface area (Å²) >= 11 is 0. The van der Waals surface area contributed by atoms with Crippen molar-refractivity contribution in [3.63, 3.8) is 0 Å². The Morgan fingerprint density at radius 3 is 2.50 bits per heavy atom. The molecule has 0 fully saturated rings. The highest BCUT2D eigenvalue weighted by atomic mass is 16.3. The van der Waals surface area contributed by atoms with Gasteiger partial charge < -0.3 is 10.4 Å². The van der Waals surface area contributed by atoms with Gasteiger partial charge in [-0.15, -0.1) is 6.42 Å². The van der Waals surface area contributed by atoms with Crippen LogP contribution in [0.3, 0.4) is 0 Å². The normalized spacial score (nSPS) is 15.2. The van der Waals surface area contributed by atoms with Crippen molar-refractivity contribution in [2.75, 3.05) is 6.54 Å². The van der Waals surface area contributed by atoms with Crippen LogP contribution in [0, 0.1) is 12.3 Å². The molecule has 0 spiro atoms. The maximum absolute atomic E-state index is 9.22. The first kappa shape index (κ1) is 11.5. The molecule has 2 unspecified atom stereocenters. The van der Waals surface area contributed by atoms with Gasteiger partial charge in [-0.1, -0.05) is 19.8 Å². The third kappa shape index (κ3) is 5.17. The molecule has 0 heterocycles. The van der Waals surface area contributed by atoms with E-state index in [-0.39, 0.29) is 12.1 Å². The molecule has 0 aromatic rings. The van der Waals surface area contributed by atoms with Gasteiger partial charge in [-0.05, 0) is 25.8 Å². The minimum Gasteiger partial charge on any atom is -0.393 e. The average Bonchev–Trinajstić information content (AvgIpc) is 2.12. The number of hydrogen-bond acceptors (Lipinski definition) is 2. The van der Waals surface area contributed by atoms with Crippen LogP contribution in [0.5, 0.6) is 0 Å². The lowest BCUT2D eigenvalue weighted by molar-refractivity contribution is 0.159. The molecule has 0 saturated carbocycles. The van der Waals surface area contributed by atoms with Crippen molar-refractivity contribution in [3.05, 3.63) is 0 Å². The lowest BCUT2D eigenvalue weighted by Gasteiger charge is -2.12. The minimum atomic E-state index is -0.187. The molecule has 0 bridgehead atoms. The van der Waals surface area contributed by atoms with Gasteiger partial charge in [-0.2, -0.15) is 0 Å². The number of terminal acetylenes is 1. The lowest BCUT2D eigenvalue weighted by atomic mass is 10.2. The van der Waals surface area contributed by atoms with Gasteiger partial charge in [0.05, 0.1) is 12.1 Å². The number of rotatable bonds is 6. The Bertz CT molecular complexity index is 139. The molecule has 0 amide bonds. The van der Waals surface area contributed by atoms with Gasteiger partial charge in [0, 0.05) is 0 Å². The predicted octanol–water partition coefficient (Wildman–Crippen LogP) is 1.15. The maximum atomic E-state index is 9.22. The Balaban J connectivity index is 3.36. The Hall–Kier alpha value is -0.520. The van der Waals surface area contributed by atoms with E-state index in [2.05, 4.69) is 11.2 Å². The highest BCUT2D eigenvalue weighted by molar-refractivity contribution is 4.97. The van der Waals surface area contributed by atoms with Crippen LogP contribution in [0.15, 0.2) is 0 Å². The van der Waals surface area contributed by atoms with Crippen LogP contribution in [-0.4, -0.2) is 23.8 Å². The summed E-state index contributed by atoms with van der Waals surface area (Å²) in [6.07, 6.45) is 7.61. The molecule has 2 atom stereocenters. The molecule has 2 N–H and O–H groups in total. The molecule has 2 nitrogen and oxygen atoms in total. The van der Waals surface area contributed by atoms with Crippen LogP contribution in [-0.2, 0) is 0 Å². The number of aliphatic hydroxyl groups excluding tert-OH is 1. The van der Waals surface area contributed by atoms with E-state index in [1.54, 1.807) is 0 Å². The molecule has 0 rings (SSSR count). The van der Waals surface area contributed by atoms with Crippen molar-refractivity contribution >= 4 is 0 Å². The maximum Gasteiger partial charge on any atom is 0.0684 e. The van der Waals surface area contributed by atoms with Gasteiger partial charge in [0.2, 0.25) is 0 Å². The molecule has 2 heteroatoms. The van der Waals surface area contributed by atoms with E-state index in [9.17, 15) is 5.11 Å². The minimum absolute atomic E-state index is 0.161. The van der Waals surface area contributed by atoms with Crippen LogP contribution in [0.2, 0.25) is 0 Å². The highest BCUT2D eigenvalue weighted by Crippen LogP contribution is 1.95. The molecular formula is C10H19NO. The van der Waals surface area contributed by atoms with Gasteiger partial charge in [-0.25, -0.2) is 0 Å². The third-order valence-electron chi connectivity index (χ3n) is 1.95. The zero-order chi connectivity index (χ0) is 9.40. The molecule has 0 aliphatic carbocycles. The monoisotopic (exact) mass is 169 g/mol. The zero-order valence-electron chi connectivity index (χ0n) is 8.01. The molecule has 0 aromatic carbocycles. The summed E-state index contributed by atoms with van der Waals surface area (Å²) < 4.78 is 0. The van der Waals surface area contributed by atoms with E-state index in [1.165, 1.54) is 0 Å². The van der Waals surface area contributed by atoms with Gasteiger partial charge in [0.15, 0.2) is 0 Å². The van der Waals surface area contributed by atoms with Crippen molar-refractivity contribution in [2.45, 2.75) is 45.3 Å². The van der Waals surface area contributed by atoms with Crippen LogP contribution in [0.4, 0.5) is 0 Å². The van der Waals surface area contributed by atoms with Gasteiger partial charge in [0.1, 0.15) is 0 Å². The highest BCUT2D eigenvalue weighted by Gasteiger charge is 2.02. The molecular weight excluding hydrogens is 150 g/mol. The summed E-state index contributed by atoms with van der Waals surface area (Å²) in [6, 6.07) is 0.161. The summed E-state index contributed by atoms with van der Waals surface area (Å²) in [7, 11) is 0. The Morgan fingerprint density at radius 1 is 1.42 bits per heavy atom. The molecule has 0 saturated heterocycles. The van der Waals surface area contributed by atoms with Crippen molar-refractivity contribution in [1.82, 2.24) is 5.32 Å². The fourth-order valence-corrected chi connectivity index (χ4v) is 0.949. The Kier molecular flexibility index (Phi) is 6.84. The SMILES string of the molecule is C#CC(CC)NCCC(O)CC. The third-order valence-corrected chi connectivity index (χ3v) is 1.95. The largest absolute Gasteiger partial charge is 0.393 e. The van der Waals surface area contributed by atoms with Crippen molar-refractivity contribution < 1.29 is 5.11 Å². The smallest absolute Gasteiger partial charge is 0.0684 e. The van der Waals surface area contributed by atoms with E-state index in [0.717, 1.165) is 25.8 Å². The van der Waals surface area contributed by atoms with Crippen LogP contribution in [0.25, 0.3) is 0 Å². The fraction of sp³-hybridized carbons (Fsp3) is 0.800. The first-order valence-corrected chi connectivity index (χ1v) is 4.62. The van der Waals surface area contributed by atoms with Crippen molar-refractivity contribution in [2.24, 2.45) is 0 Å². The molecule has 0 aliphatic rings. The molecule has 70 valence electrons. The second-order valence-corrected chi connectivity index (χ2v) is 2.93. The van der Waals surface area contributed by atoms with E-state index in [4.69, 9.17) is 6.42 Å². The summed E-state index contributed by atoms with van der Waals surface area (Å²) in [4.78, 5) is 0. The second-order valence-electron chi connectivity index (χ2n) is 2.93. The summed E-state index contributed by atoms with van der Waals surface area (Å²) in [6.45, 7) is 4.83. The first-order chi connectivity index (χ1) is 5.74. The first-order valence-electron chi connectivity index (χ1n) is 4.62. The summed E-state index contributed by atoms with van der Waals surface area (Å²) in [5.74, 6) is 2.65. The molecule has 12 heavy (non-hydrogen) atoms. The topological polar surface area (TPSA) is 32.3 Å². The van der Waals surface area contributed by atoms with Crippen LogP contribution >= 0.6 is 0 Å². The van der Waals surface area contributed by atoms with E-state index < -0.39 is 0 Å². The average molecular weight is 169 g/mol. The zero-order valence-corrected chi connectivity index (χ0v) is 8.01. The molecule has 0 aliphatic heterocycles. The van der Waals surface area contributed by atoms with Gasteiger partial charge >= 0.3 is 0 Å². The number of nitrogens with one attached hydrogen (secondary N) is 1. The second kappa shape index (κ2) is 7.15. The fourth-order valence-electron chi connectivity index (χ4n) is 0.949. The van der Waals surface area contributed by atoms with Crippen LogP contribution < -0.4 is 5.32 Å². The van der Waals surface area contributed by atoms with Crippen molar-refractivity contribution in [3.8, 4) is 12.3 Å². The van der Waals surface area contributed by atoms with Gasteiger partial charge in [-0.3, -0.25) is 0 Å². The number of hydrogen-bond donors (Lipinski definition) is 2. The van der Waals surface area contributed by atoms with E-state index >= 15 is 0 Å². The standard InChI is InChI=1S/C10H19NO/c1-4-9(5-2)11-8-7-10(12)6-3/h1,9-12H,5-8H2,2-3H3. The van der Waals surface area contributed by atoms with Crippen LogP contribution in [0.1, 0.15) is 33.1 Å².